The molecule has 43 heavy (non-hydrogen) atoms. The molecule has 0 atom stereocenters. The Morgan fingerprint density at radius 2 is 1.72 bits per heavy atom. The number of rotatable bonds is 13. The van der Waals surface area contributed by atoms with Crippen LogP contribution >= 0.6 is 22.9 Å². The van der Waals surface area contributed by atoms with Crippen LogP contribution in [0.4, 0.5) is 0 Å². The average Bonchev–Trinajstić information content (AvgIpc) is 3.56. The van der Waals surface area contributed by atoms with E-state index < -0.39 is 0 Å². The molecule has 2 N–H and O–H groups in total. The van der Waals surface area contributed by atoms with E-state index in [9.17, 15) is 14.4 Å². The fourth-order valence-corrected chi connectivity index (χ4v) is 7.40. The smallest absolute Gasteiger partial charge is 0.230 e. The molecule has 2 aliphatic rings. The van der Waals surface area contributed by atoms with Crippen LogP contribution in [0.3, 0.4) is 0 Å². The molecular formula is C33H41ClN4O4S. The molecular weight excluding hydrogens is 584 g/mol. The Labute approximate surface area is 262 Å². The van der Waals surface area contributed by atoms with Gasteiger partial charge in [-0.25, -0.2) is 0 Å². The first-order valence-corrected chi connectivity index (χ1v) is 16.7. The molecule has 0 aliphatic carbocycles. The van der Waals surface area contributed by atoms with E-state index in [1.807, 2.05) is 36.1 Å². The molecule has 0 radical (unpaired) electrons. The number of hydrogen-bond donors (Lipinski definition) is 1. The van der Waals surface area contributed by atoms with Crippen LogP contribution < -0.4 is 10.5 Å². The first kappa shape index (κ1) is 31.4. The molecule has 3 aromatic rings. The third-order valence-electron chi connectivity index (χ3n) is 8.39. The Morgan fingerprint density at radius 1 is 1.02 bits per heavy atom. The predicted octanol–water partition coefficient (Wildman–Crippen LogP) is 6.63. The predicted molar refractivity (Wildman–Crippen MR) is 171 cm³/mol. The van der Waals surface area contributed by atoms with Gasteiger partial charge in [-0.15, -0.1) is 11.3 Å². The zero-order chi connectivity index (χ0) is 30.3. The molecule has 0 saturated carbocycles. The van der Waals surface area contributed by atoms with Gasteiger partial charge in [0.05, 0.1) is 16.8 Å². The molecule has 10 heteroatoms. The number of imide groups is 1. The lowest BCUT2D eigenvalue weighted by molar-refractivity contribution is -0.139. The summed E-state index contributed by atoms with van der Waals surface area (Å²) in [6, 6.07) is 7.76. The molecule has 4 heterocycles. The van der Waals surface area contributed by atoms with Crippen molar-refractivity contribution in [1.82, 2.24) is 14.8 Å². The lowest BCUT2D eigenvalue weighted by Crippen LogP contribution is -2.41. The van der Waals surface area contributed by atoms with Crippen LogP contribution in [0.1, 0.15) is 81.1 Å². The largest absolute Gasteiger partial charge is 0.489 e. The van der Waals surface area contributed by atoms with Gasteiger partial charge in [-0.3, -0.25) is 24.3 Å². The van der Waals surface area contributed by atoms with E-state index >= 15 is 0 Å². The molecule has 8 nitrogen and oxygen atoms in total. The van der Waals surface area contributed by atoms with Crippen LogP contribution in [0.5, 0.6) is 5.75 Å². The summed E-state index contributed by atoms with van der Waals surface area (Å²) in [5.41, 5.74) is 9.16. The van der Waals surface area contributed by atoms with Crippen LogP contribution in [0.25, 0.3) is 21.3 Å². The molecule has 0 bridgehead atoms. The number of aromatic nitrogens is 1. The minimum absolute atomic E-state index is 0.00589. The van der Waals surface area contributed by atoms with E-state index in [0.29, 0.717) is 24.5 Å². The highest BCUT2D eigenvalue weighted by atomic mass is 35.5. The zero-order valence-electron chi connectivity index (χ0n) is 24.9. The van der Waals surface area contributed by atoms with Crippen LogP contribution in [0, 0.1) is 6.92 Å². The molecule has 2 aromatic heterocycles. The number of carbonyl (C=O) groups is 3. The molecule has 2 aliphatic heterocycles. The fourth-order valence-electron chi connectivity index (χ4n) is 5.99. The Hall–Kier alpha value is -3.01. The molecule has 2 fully saturated rings. The van der Waals surface area contributed by atoms with Gasteiger partial charge in [-0.2, -0.15) is 0 Å². The van der Waals surface area contributed by atoms with Crippen molar-refractivity contribution in [2.24, 2.45) is 5.73 Å². The number of amides is 3. The minimum Gasteiger partial charge on any atom is -0.489 e. The SMILES string of the molecule is Cc1cc(Cl)cc(-c2ccnc3cc(CN4C(=O)CCC4=O)sc23)c1OC1CCN(C(=O)CCCCCCCCN)CC1. The lowest BCUT2D eigenvalue weighted by Gasteiger charge is -2.33. The van der Waals surface area contributed by atoms with Gasteiger partial charge >= 0.3 is 0 Å². The van der Waals surface area contributed by atoms with Crippen molar-refractivity contribution < 1.29 is 19.1 Å². The topological polar surface area (TPSA) is 106 Å². The Kier molecular flexibility index (Phi) is 10.7. The van der Waals surface area contributed by atoms with Gasteiger partial charge in [0.1, 0.15) is 11.9 Å². The number of halogens is 1. The number of thiophene rings is 1. The van der Waals surface area contributed by atoms with E-state index in [1.165, 1.54) is 35.5 Å². The van der Waals surface area contributed by atoms with Gasteiger partial charge in [0.15, 0.2) is 0 Å². The van der Waals surface area contributed by atoms with Gasteiger partial charge in [-0.1, -0.05) is 37.3 Å². The van der Waals surface area contributed by atoms with E-state index in [1.54, 1.807) is 6.20 Å². The van der Waals surface area contributed by atoms with Crippen LogP contribution in [-0.4, -0.2) is 58.2 Å². The second-order valence-electron chi connectivity index (χ2n) is 11.6. The van der Waals surface area contributed by atoms with Crippen molar-refractivity contribution in [2.45, 2.75) is 90.2 Å². The Morgan fingerprint density at radius 3 is 2.44 bits per heavy atom. The van der Waals surface area contributed by atoms with Crippen LogP contribution in [0.2, 0.25) is 5.02 Å². The first-order valence-electron chi connectivity index (χ1n) is 15.5. The van der Waals surface area contributed by atoms with Gasteiger partial charge in [0, 0.05) is 72.4 Å². The number of benzene rings is 1. The van der Waals surface area contributed by atoms with E-state index in [0.717, 1.165) is 76.2 Å². The number of pyridine rings is 1. The summed E-state index contributed by atoms with van der Waals surface area (Å²) in [4.78, 5) is 46.0. The summed E-state index contributed by atoms with van der Waals surface area (Å²) < 4.78 is 7.63. The summed E-state index contributed by atoms with van der Waals surface area (Å²) in [7, 11) is 0. The third kappa shape index (κ3) is 7.75. The van der Waals surface area contributed by atoms with Crippen molar-refractivity contribution in [3.8, 4) is 16.9 Å². The number of hydrogen-bond acceptors (Lipinski definition) is 7. The molecule has 230 valence electrons. The molecule has 1 aromatic carbocycles. The van der Waals surface area contributed by atoms with Crippen molar-refractivity contribution in [3.63, 3.8) is 0 Å². The highest BCUT2D eigenvalue weighted by molar-refractivity contribution is 7.19. The number of nitrogens with two attached hydrogens (primary N) is 1. The Bertz CT molecular complexity index is 1450. The summed E-state index contributed by atoms with van der Waals surface area (Å²) in [6.07, 6.45) is 11.1. The van der Waals surface area contributed by atoms with Gasteiger partial charge in [-0.05, 0) is 56.1 Å². The first-order chi connectivity index (χ1) is 20.8. The maximum Gasteiger partial charge on any atom is 0.230 e. The van der Waals surface area contributed by atoms with Crippen molar-refractivity contribution in [3.05, 3.63) is 45.9 Å². The number of carbonyl (C=O) groups excluding carboxylic acids is 3. The summed E-state index contributed by atoms with van der Waals surface area (Å²) in [5.74, 6) is 0.780. The van der Waals surface area contributed by atoms with Crippen molar-refractivity contribution in [1.29, 1.82) is 0 Å². The monoisotopic (exact) mass is 624 g/mol. The number of fused-ring (bicyclic) bond motifs is 1. The minimum atomic E-state index is -0.126. The maximum atomic E-state index is 12.8. The second-order valence-corrected chi connectivity index (χ2v) is 13.2. The number of piperidine rings is 1. The molecule has 0 unspecified atom stereocenters. The maximum absolute atomic E-state index is 12.8. The Balaban J connectivity index is 1.25. The highest BCUT2D eigenvalue weighted by Gasteiger charge is 2.30. The number of unbranched alkanes of at least 4 members (excludes halogenated alkanes) is 5. The standard InChI is InChI=1S/C33H41ClN4O4S/c1-22-18-23(34)19-27(26-11-15-36-28-20-25(43-33(26)28)21-38-30(40)9-10-31(38)41)32(22)42-24-12-16-37(17-13-24)29(39)8-6-4-2-3-5-7-14-35/h11,15,18-20,24H,2-10,12-14,16-17,21,35H2,1H3. The fraction of sp³-hybridized carbons (Fsp3) is 0.515. The van der Waals surface area contributed by atoms with Crippen LogP contribution in [0.15, 0.2) is 30.5 Å². The molecule has 5 rings (SSSR count). The second kappa shape index (κ2) is 14.6. The average molecular weight is 625 g/mol. The summed E-state index contributed by atoms with van der Waals surface area (Å²) in [5, 5.41) is 0.620. The number of likely N-dealkylation sites (tertiary alicyclic amines) is 2. The zero-order valence-corrected chi connectivity index (χ0v) is 26.5. The molecule has 0 spiro atoms. The molecule has 2 saturated heterocycles. The van der Waals surface area contributed by atoms with Crippen molar-refractivity contribution in [2.75, 3.05) is 19.6 Å². The van der Waals surface area contributed by atoms with Gasteiger partial charge < -0.3 is 15.4 Å². The highest BCUT2D eigenvalue weighted by Crippen LogP contribution is 2.42. The summed E-state index contributed by atoms with van der Waals surface area (Å²) in [6.45, 7) is 4.42. The summed E-state index contributed by atoms with van der Waals surface area (Å²) >= 11 is 8.09. The number of nitrogens with zero attached hydrogens (tertiary/aromatic N) is 3. The van der Waals surface area contributed by atoms with Gasteiger partial charge in [0.2, 0.25) is 17.7 Å². The van der Waals surface area contributed by atoms with E-state index in [-0.39, 0.29) is 43.2 Å². The lowest BCUT2D eigenvalue weighted by atomic mass is 10.0. The normalized spacial score (nSPS) is 16.1. The molecule has 3 amide bonds. The van der Waals surface area contributed by atoms with E-state index in [2.05, 4.69) is 4.98 Å². The van der Waals surface area contributed by atoms with Crippen LogP contribution in [-0.2, 0) is 20.9 Å². The van der Waals surface area contributed by atoms with Gasteiger partial charge in [0.25, 0.3) is 0 Å². The van der Waals surface area contributed by atoms with E-state index in [4.69, 9.17) is 22.1 Å². The van der Waals surface area contributed by atoms with Crippen molar-refractivity contribution >= 4 is 50.9 Å². The third-order valence-corrected chi connectivity index (χ3v) is 9.75. The quantitative estimate of drug-likeness (QED) is 0.169. The number of aryl methyl sites for hydroxylation is 1. The number of ether oxygens (including phenoxy) is 1.